The second kappa shape index (κ2) is 21.9. The summed E-state index contributed by atoms with van der Waals surface area (Å²) >= 11 is 9.45. The minimum atomic E-state index is -0.984. The van der Waals surface area contributed by atoms with E-state index in [-0.39, 0.29) is 63.6 Å². The Morgan fingerprint density at radius 3 is 2.32 bits per heavy atom. The van der Waals surface area contributed by atoms with Crippen LogP contribution in [0, 0.1) is 33.1 Å². The Bertz CT molecular complexity index is 2640. The Kier molecular flexibility index (Phi) is 16.3. The van der Waals surface area contributed by atoms with E-state index in [1.807, 2.05) is 100 Å². The molecule has 2 aliphatic heterocycles. The van der Waals surface area contributed by atoms with E-state index < -0.39 is 41.5 Å². The van der Waals surface area contributed by atoms with Crippen molar-refractivity contribution in [2.75, 3.05) is 39.5 Å². The molecule has 0 aliphatic carbocycles. The van der Waals surface area contributed by atoms with Gasteiger partial charge >= 0.3 is 0 Å². The summed E-state index contributed by atoms with van der Waals surface area (Å²) in [5.41, 5.74) is 7.76. The Morgan fingerprint density at radius 1 is 0.926 bits per heavy atom. The number of rotatable bonds is 18. The molecule has 1 fully saturated rings. The third-order valence-corrected chi connectivity index (χ3v) is 14.6. The number of carbonyl (C=O) groups is 4. The molecule has 2 aromatic carbocycles. The van der Waals surface area contributed by atoms with Crippen LogP contribution in [0.1, 0.15) is 104 Å². The topological polar surface area (TPSA) is 202 Å². The molecule has 5 aromatic rings. The lowest BCUT2D eigenvalue weighted by Crippen LogP contribution is -2.58. The second-order valence-corrected chi connectivity index (χ2v) is 20.9. The average Bonchev–Trinajstić information content (AvgIpc) is 4.07. The fraction of sp³-hybridized carbons (Fsp3) is 0.469. The number of nitrogens with one attached hydrogen (secondary N) is 3. The fourth-order valence-corrected chi connectivity index (χ4v) is 10.5. The lowest BCUT2D eigenvalue weighted by atomic mass is 9.85. The molecular formula is C49H60ClN9O7S2. The summed E-state index contributed by atoms with van der Waals surface area (Å²) in [7, 11) is 0. The number of halogens is 1. The molecule has 1 saturated heterocycles. The van der Waals surface area contributed by atoms with Gasteiger partial charge in [-0.05, 0) is 75.3 Å². The maximum absolute atomic E-state index is 14.1. The SMILES string of the molecule is Cc1ncsc1-c1ccc(C(C)NC(=O)[C@@H]2C[C@@H](O)CN2C(=O)C(NC(=O)COCCCOCCNC(=O)C[C@@H]2N=C(c3ccc(Cl)cc3)c3c(sc(C)c3C)-n3c(C)nnc32)C(C)(C)C)cc1. The number of aromatic nitrogens is 4. The highest BCUT2D eigenvalue weighted by Gasteiger charge is 2.45. The second-order valence-electron chi connectivity index (χ2n) is 18.4. The molecule has 0 radical (unpaired) electrons. The smallest absolute Gasteiger partial charge is 0.246 e. The van der Waals surface area contributed by atoms with Gasteiger partial charge in [0.1, 0.15) is 35.6 Å². The van der Waals surface area contributed by atoms with Gasteiger partial charge in [-0.15, -0.1) is 32.9 Å². The summed E-state index contributed by atoms with van der Waals surface area (Å²) in [5.74, 6) is -0.217. The van der Waals surface area contributed by atoms with Gasteiger partial charge in [0.2, 0.25) is 23.6 Å². The van der Waals surface area contributed by atoms with Gasteiger partial charge in [-0.25, -0.2) is 4.98 Å². The molecule has 5 heterocycles. The van der Waals surface area contributed by atoms with Crippen LogP contribution < -0.4 is 16.0 Å². The number of nitrogens with zero attached hydrogens (tertiary/aromatic N) is 6. The number of aryl methyl sites for hydroxylation is 3. The molecule has 4 amide bonds. The highest BCUT2D eigenvalue weighted by molar-refractivity contribution is 7.15. The molecule has 0 bridgehead atoms. The van der Waals surface area contributed by atoms with Crippen LogP contribution in [0.4, 0.5) is 0 Å². The number of ether oxygens (including phenoxy) is 2. The highest BCUT2D eigenvalue weighted by atomic mass is 35.5. The molecule has 0 saturated carbocycles. The molecule has 4 N–H and O–H groups in total. The van der Waals surface area contributed by atoms with Crippen molar-refractivity contribution in [2.45, 2.75) is 105 Å². The van der Waals surface area contributed by atoms with Crippen LogP contribution in [0.2, 0.25) is 5.02 Å². The molecule has 362 valence electrons. The maximum atomic E-state index is 14.1. The van der Waals surface area contributed by atoms with Crippen LogP contribution in [0.15, 0.2) is 59.0 Å². The quantitative estimate of drug-likeness (QED) is 0.0700. The highest BCUT2D eigenvalue weighted by Crippen LogP contribution is 2.40. The normalized spacial score (nSPS) is 17.7. The average molecular weight is 987 g/mol. The molecule has 2 unspecified atom stereocenters. The summed E-state index contributed by atoms with van der Waals surface area (Å²) in [6, 6.07) is 12.6. The van der Waals surface area contributed by atoms with Gasteiger partial charge in [-0.3, -0.25) is 28.7 Å². The van der Waals surface area contributed by atoms with E-state index in [0.29, 0.717) is 29.7 Å². The number of hydrogen-bond acceptors (Lipinski definition) is 13. The summed E-state index contributed by atoms with van der Waals surface area (Å²) in [6.45, 7) is 16.2. The lowest BCUT2D eigenvalue weighted by Gasteiger charge is -2.35. The molecule has 19 heteroatoms. The number of fused-ring (bicyclic) bond motifs is 3. The van der Waals surface area contributed by atoms with Crippen LogP contribution in [0.25, 0.3) is 15.4 Å². The summed E-state index contributed by atoms with van der Waals surface area (Å²) in [5, 5.41) is 29.9. The number of hydrogen-bond donors (Lipinski definition) is 4. The Balaban J connectivity index is 0.840. The Labute approximate surface area is 409 Å². The first-order valence-electron chi connectivity index (χ1n) is 22.8. The minimum Gasteiger partial charge on any atom is -0.391 e. The third kappa shape index (κ3) is 11.7. The Morgan fingerprint density at radius 2 is 1.63 bits per heavy atom. The zero-order valence-corrected chi connectivity index (χ0v) is 42.1. The first-order valence-corrected chi connectivity index (χ1v) is 24.9. The van der Waals surface area contributed by atoms with Crippen molar-refractivity contribution in [3.8, 4) is 15.4 Å². The number of likely N-dealkylation sites (tertiary alicyclic amines) is 1. The molecule has 5 atom stereocenters. The molecule has 0 spiro atoms. The number of aliphatic imine (C=N–C) groups is 1. The van der Waals surface area contributed by atoms with Crippen LogP contribution in [-0.2, 0) is 28.7 Å². The van der Waals surface area contributed by atoms with Crippen molar-refractivity contribution >= 4 is 63.6 Å². The molecule has 7 rings (SSSR count). The molecular weight excluding hydrogens is 926 g/mol. The van der Waals surface area contributed by atoms with Crippen LogP contribution in [0.5, 0.6) is 0 Å². The van der Waals surface area contributed by atoms with Crippen molar-refractivity contribution in [1.29, 1.82) is 0 Å². The number of thiazole rings is 1. The van der Waals surface area contributed by atoms with Gasteiger partial charge in [-0.2, -0.15) is 0 Å². The number of aliphatic hydroxyl groups is 1. The zero-order valence-electron chi connectivity index (χ0n) is 39.7. The predicted octanol–water partition coefficient (Wildman–Crippen LogP) is 6.53. The summed E-state index contributed by atoms with van der Waals surface area (Å²) in [6.07, 6.45) is -0.264. The number of thiophene rings is 1. The van der Waals surface area contributed by atoms with E-state index in [1.165, 1.54) is 4.90 Å². The standard InChI is InChI=1S/C49H60ClN9O7S2/c1-27-30(4)68-48-41(27)42(33-14-16-35(50)17-15-33)54-37(45-57-56-31(5)59(45)48)23-39(61)51-18-21-65-19-9-20-66-25-40(62)55-44(49(6,7)8)47(64)58-24-36(60)22-38(58)46(63)53-28(2)32-10-12-34(13-11-32)43-29(3)52-26-67-43/h10-17,26,28,36-38,44,60H,9,18-25H2,1-8H3,(H,51,61)(H,53,63)(H,55,62)/t28?,36-,37+,38+,44?/m1/s1. The number of amides is 4. The van der Waals surface area contributed by atoms with E-state index in [2.05, 4.69) is 45.0 Å². The van der Waals surface area contributed by atoms with Crippen LogP contribution >= 0.6 is 34.3 Å². The first-order chi connectivity index (χ1) is 32.4. The van der Waals surface area contributed by atoms with Crippen molar-refractivity contribution < 1.29 is 33.8 Å². The fourth-order valence-electron chi connectivity index (χ4n) is 8.39. The monoisotopic (exact) mass is 985 g/mol. The van der Waals surface area contributed by atoms with Crippen molar-refractivity contribution in [3.63, 3.8) is 0 Å². The zero-order chi connectivity index (χ0) is 48.9. The van der Waals surface area contributed by atoms with E-state index in [9.17, 15) is 24.3 Å². The number of aliphatic hydroxyl groups excluding tert-OH is 1. The largest absolute Gasteiger partial charge is 0.391 e. The van der Waals surface area contributed by atoms with Gasteiger partial charge in [0.05, 0.1) is 47.0 Å². The number of carbonyl (C=O) groups excluding carboxylic acids is 4. The lowest BCUT2D eigenvalue weighted by molar-refractivity contribution is -0.144. The van der Waals surface area contributed by atoms with Crippen molar-refractivity contribution in [1.82, 2.24) is 40.6 Å². The summed E-state index contributed by atoms with van der Waals surface area (Å²) in [4.78, 5) is 67.3. The minimum absolute atomic E-state index is 0.0302. The number of β-amino-alcohol motifs (C(OH)–C–C–N with tert-alkyl or cyclic N) is 1. The number of benzene rings is 2. The first kappa shape index (κ1) is 50.5. The van der Waals surface area contributed by atoms with Crippen molar-refractivity contribution in [3.05, 3.63) is 104 Å². The van der Waals surface area contributed by atoms with Crippen molar-refractivity contribution in [2.24, 2.45) is 10.4 Å². The summed E-state index contributed by atoms with van der Waals surface area (Å²) < 4.78 is 13.4. The van der Waals surface area contributed by atoms with Gasteiger partial charge in [0.25, 0.3) is 0 Å². The molecule has 2 aliphatic rings. The van der Waals surface area contributed by atoms with Gasteiger partial charge < -0.3 is 35.4 Å². The molecule has 68 heavy (non-hydrogen) atoms. The molecule has 16 nitrogen and oxygen atoms in total. The van der Waals surface area contributed by atoms with Crippen LogP contribution in [-0.4, -0.2) is 117 Å². The Hall–Kier alpha value is -5.37. The van der Waals surface area contributed by atoms with E-state index >= 15 is 0 Å². The maximum Gasteiger partial charge on any atom is 0.246 e. The van der Waals surface area contributed by atoms with Gasteiger partial charge in [0.15, 0.2) is 5.82 Å². The third-order valence-electron chi connectivity index (χ3n) is 12.2. The van der Waals surface area contributed by atoms with Gasteiger partial charge in [0, 0.05) is 53.8 Å². The van der Waals surface area contributed by atoms with Crippen LogP contribution in [0.3, 0.4) is 0 Å². The van der Waals surface area contributed by atoms with E-state index in [1.54, 1.807) is 22.7 Å². The molecule has 3 aromatic heterocycles. The van der Waals surface area contributed by atoms with Gasteiger partial charge in [-0.1, -0.05) is 68.8 Å². The predicted molar refractivity (Wildman–Crippen MR) is 264 cm³/mol. The van der Waals surface area contributed by atoms with E-state index in [4.69, 9.17) is 26.1 Å². The van der Waals surface area contributed by atoms with E-state index in [0.717, 1.165) is 54.0 Å².